The Morgan fingerprint density at radius 1 is 1.25 bits per heavy atom. The lowest BCUT2D eigenvalue weighted by molar-refractivity contribution is -0.140. The van der Waals surface area contributed by atoms with E-state index in [0.29, 0.717) is 11.3 Å². The molecule has 1 aromatic rings. The van der Waals surface area contributed by atoms with Gasteiger partial charge in [0.25, 0.3) is 0 Å². The predicted molar refractivity (Wildman–Crippen MR) is 93.3 cm³/mol. The van der Waals surface area contributed by atoms with Crippen LogP contribution in [0.25, 0.3) is 0 Å². The van der Waals surface area contributed by atoms with Gasteiger partial charge in [0.1, 0.15) is 0 Å². The Balaban J connectivity index is 1.32. The smallest absolute Gasteiger partial charge is 0.222 e. The van der Waals surface area contributed by atoms with Gasteiger partial charge < -0.3 is 4.90 Å². The number of nitrogens with zero attached hydrogens (tertiary/aromatic N) is 4. The number of likely N-dealkylation sites (tertiary alicyclic amines) is 2. The number of carbonyl (C=O) groups excluding carboxylic acids is 1. The molecule has 1 aromatic heterocycles. The molecule has 2 saturated heterocycles. The highest BCUT2D eigenvalue weighted by molar-refractivity contribution is 5.77. The standard InChI is InChI=1S/C19H30N4O/c1-21-12-17(11-20-21)13-22-9-7-19(8-10-22)6-5-18(24)23(15-19)14-16-3-2-4-16/h11-12,16H,2-10,13-15H2,1H3. The molecular weight excluding hydrogens is 300 g/mol. The van der Waals surface area contributed by atoms with E-state index < -0.39 is 0 Å². The maximum Gasteiger partial charge on any atom is 0.222 e. The molecule has 1 spiro atoms. The summed E-state index contributed by atoms with van der Waals surface area (Å²) in [7, 11) is 1.98. The average molecular weight is 330 g/mol. The number of carbonyl (C=O) groups is 1. The van der Waals surface area contributed by atoms with Gasteiger partial charge in [-0.1, -0.05) is 6.42 Å². The zero-order valence-electron chi connectivity index (χ0n) is 14.9. The number of hydrogen-bond acceptors (Lipinski definition) is 3. The molecule has 5 nitrogen and oxygen atoms in total. The van der Waals surface area contributed by atoms with Gasteiger partial charge in [-0.3, -0.25) is 14.4 Å². The fourth-order valence-corrected chi connectivity index (χ4v) is 4.66. The van der Waals surface area contributed by atoms with Crippen molar-refractivity contribution >= 4 is 5.91 Å². The second-order valence-corrected chi connectivity index (χ2v) is 8.37. The molecule has 0 bridgehead atoms. The minimum atomic E-state index is 0.392. The number of aryl methyl sites for hydroxylation is 1. The average Bonchev–Trinajstić information content (AvgIpc) is 2.94. The van der Waals surface area contributed by atoms with E-state index in [1.54, 1.807) is 0 Å². The molecule has 5 heteroatoms. The Labute approximate surface area is 145 Å². The summed E-state index contributed by atoms with van der Waals surface area (Å²) in [4.78, 5) is 17.1. The van der Waals surface area contributed by atoms with E-state index in [1.807, 2.05) is 17.9 Å². The second-order valence-electron chi connectivity index (χ2n) is 8.37. The minimum absolute atomic E-state index is 0.392. The second kappa shape index (κ2) is 6.51. The lowest BCUT2D eigenvalue weighted by Crippen LogP contribution is -2.52. The zero-order chi connectivity index (χ0) is 16.6. The topological polar surface area (TPSA) is 41.4 Å². The Hall–Kier alpha value is -1.36. The normalized spacial score (nSPS) is 25.2. The van der Waals surface area contributed by atoms with Crippen molar-refractivity contribution in [2.24, 2.45) is 18.4 Å². The summed E-state index contributed by atoms with van der Waals surface area (Å²) < 4.78 is 1.88. The molecule has 1 aliphatic carbocycles. The molecule has 1 amide bonds. The van der Waals surface area contributed by atoms with Crippen LogP contribution < -0.4 is 0 Å². The first kappa shape index (κ1) is 16.1. The van der Waals surface area contributed by atoms with E-state index in [0.717, 1.165) is 51.5 Å². The van der Waals surface area contributed by atoms with Crippen LogP contribution in [0.2, 0.25) is 0 Å². The molecule has 0 unspecified atom stereocenters. The van der Waals surface area contributed by atoms with Crippen LogP contribution >= 0.6 is 0 Å². The molecule has 0 aromatic carbocycles. The van der Waals surface area contributed by atoms with Crippen molar-refractivity contribution in [2.45, 2.75) is 51.5 Å². The molecular formula is C19H30N4O. The summed E-state index contributed by atoms with van der Waals surface area (Å²) in [5.41, 5.74) is 1.70. The number of rotatable bonds is 4. The van der Waals surface area contributed by atoms with Gasteiger partial charge in [0, 0.05) is 44.9 Å². The molecule has 0 atom stereocenters. The maximum absolute atomic E-state index is 12.3. The fourth-order valence-electron chi connectivity index (χ4n) is 4.66. The van der Waals surface area contributed by atoms with Crippen molar-refractivity contribution in [1.29, 1.82) is 0 Å². The third kappa shape index (κ3) is 3.37. The predicted octanol–water partition coefficient (Wildman–Crippen LogP) is 2.42. The van der Waals surface area contributed by atoms with Gasteiger partial charge >= 0.3 is 0 Å². The van der Waals surface area contributed by atoms with E-state index in [-0.39, 0.29) is 0 Å². The number of hydrogen-bond donors (Lipinski definition) is 0. The zero-order valence-corrected chi connectivity index (χ0v) is 14.9. The number of aromatic nitrogens is 2. The van der Waals surface area contributed by atoms with E-state index in [9.17, 15) is 4.79 Å². The Kier molecular flexibility index (Phi) is 4.37. The van der Waals surface area contributed by atoms with Gasteiger partial charge in [-0.15, -0.1) is 0 Å². The van der Waals surface area contributed by atoms with Crippen molar-refractivity contribution < 1.29 is 4.79 Å². The summed E-state index contributed by atoms with van der Waals surface area (Å²) in [6.45, 7) is 5.36. The molecule has 3 fully saturated rings. The van der Waals surface area contributed by atoms with Crippen molar-refractivity contribution in [3.63, 3.8) is 0 Å². The molecule has 0 N–H and O–H groups in total. The molecule has 1 saturated carbocycles. The largest absolute Gasteiger partial charge is 0.342 e. The maximum atomic E-state index is 12.3. The third-order valence-electron chi connectivity index (χ3n) is 6.53. The van der Waals surface area contributed by atoms with Crippen molar-refractivity contribution in [3.05, 3.63) is 18.0 Å². The third-order valence-corrected chi connectivity index (χ3v) is 6.53. The van der Waals surface area contributed by atoms with Crippen molar-refractivity contribution in [1.82, 2.24) is 19.6 Å². The van der Waals surface area contributed by atoms with Crippen molar-refractivity contribution in [2.75, 3.05) is 26.2 Å². The van der Waals surface area contributed by atoms with Gasteiger partial charge in [0.2, 0.25) is 5.91 Å². The summed E-state index contributed by atoms with van der Waals surface area (Å²) >= 11 is 0. The highest BCUT2D eigenvalue weighted by Gasteiger charge is 2.41. The number of amides is 1. The minimum Gasteiger partial charge on any atom is -0.342 e. The van der Waals surface area contributed by atoms with Crippen LogP contribution in [0.4, 0.5) is 0 Å². The van der Waals surface area contributed by atoms with Crippen LogP contribution in [0.15, 0.2) is 12.4 Å². The number of piperidine rings is 2. The molecule has 132 valence electrons. The van der Waals surface area contributed by atoms with Crippen LogP contribution in [0.5, 0.6) is 0 Å². The monoisotopic (exact) mass is 330 g/mol. The quantitative estimate of drug-likeness (QED) is 0.851. The molecule has 3 aliphatic rings. The Bertz CT molecular complexity index is 584. The van der Waals surface area contributed by atoms with Crippen LogP contribution in [0.1, 0.15) is 50.5 Å². The van der Waals surface area contributed by atoms with Crippen LogP contribution in [-0.4, -0.2) is 51.7 Å². The first-order valence-corrected chi connectivity index (χ1v) is 9.60. The van der Waals surface area contributed by atoms with Crippen molar-refractivity contribution in [3.8, 4) is 0 Å². The van der Waals surface area contributed by atoms with E-state index in [2.05, 4.69) is 21.1 Å². The lowest BCUT2D eigenvalue weighted by Gasteiger charge is -2.48. The summed E-state index contributed by atoms with van der Waals surface area (Å²) in [5.74, 6) is 1.19. The highest BCUT2D eigenvalue weighted by Crippen LogP contribution is 2.41. The van der Waals surface area contributed by atoms with Gasteiger partial charge in [-0.05, 0) is 56.5 Å². The van der Waals surface area contributed by atoms with Crippen LogP contribution in [-0.2, 0) is 18.4 Å². The van der Waals surface area contributed by atoms with Gasteiger partial charge in [0.15, 0.2) is 0 Å². The lowest BCUT2D eigenvalue weighted by atomic mass is 9.71. The summed E-state index contributed by atoms with van der Waals surface area (Å²) in [5, 5.41) is 4.27. The summed E-state index contributed by atoms with van der Waals surface area (Å²) in [6, 6.07) is 0. The Morgan fingerprint density at radius 2 is 2.04 bits per heavy atom. The summed E-state index contributed by atoms with van der Waals surface area (Å²) in [6.07, 6.45) is 12.5. The van der Waals surface area contributed by atoms with Gasteiger partial charge in [0.05, 0.1) is 6.20 Å². The molecule has 24 heavy (non-hydrogen) atoms. The molecule has 2 aliphatic heterocycles. The highest BCUT2D eigenvalue weighted by atomic mass is 16.2. The molecule has 0 radical (unpaired) electrons. The molecule has 3 heterocycles. The van der Waals surface area contributed by atoms with E-state index in [4.69, 9.17) is 0 Å². The van der Waals surface area contributed by atoms with Gasteiger partial charge in [-0.2, -0.15) is 5.10 Å². The van der Waals surface area contributed by atoms with Crippen LogP contribution in [0.3, 0.4) is 0 Å². The van der Waals surface area contributed by atoms with E-state index in [1.165, 1.54) is 37.7 Å². The Morgan fingerprint density at radius 3 is 2.67 bits per heavy atom. The van der Waals surface area contributed by atoms with Gasteiger partial charge in [-0.25, -0.2) is 0 Å². The SMILES string of the molecule is Cn1cc(CN2CCC3(CCC(=O)N(CC4CCC4)C3)CC2)cn1. The van der Waals surface area contributed by atoms with E-state index >= 15 is 0 Å². The molecule has 4 rings (SSSR count). The fraction of sp³-hybridized carbons (Fsp3) is 0.789. The first-order chi connectivity index (χ1) is 11.6. The first-order valence-electron chi connectivity index (χ1n) is 9.60. The van der Waals surface area contributed by atoms with Crippen LogP contribution in [0, 0.1) is 11.3 Å².